The Balaban J connectivity index is 2.21. The first-order chi connectivity index (χ1) is 7.67. The van der Waals surface area contributed by atoms with E-state index in [0.717, 1.165) is 26.1 Å². The van der Waals surface area contributed by atoms with Gasteiger partial charge in [-0.2, -0.15) is 0 Å². The summed E-state index contributed by atoms with van der Waals surface area (Å²) in [6.45, 7) is 13.2. The van der Waals surface area contributed by atoms with Crippen molar-refractivity contribution < 1.29 is 5.11 Å². The van der Waals surface area contributed by atoms with Crippen LogP contribution >= 0.6 is 0 Å². The van der Waals surface area contributed by atoms with E-state index < -0.39 is 0 Å². The van der Waals surface area contributed by atoms with E-state index in [2.05, 4.69) is 30.6 Å². The van der Waals surface area contributed by atoms with Gasteiger partial charge in [0.15, 0.2) is 0 Å². The first kappa shape index (κ1) is 13.9. The molecule has 16 heavy (non-hydrogen) atoms. The van der Waals surface area contributed by atoms with Gasteiger partial charge >= 0.3 is 0 Å². The van der Waals surface area contributed by atoms with Gasteiger partial charge in [-0.05, 0) is 18.9 Å². The van der Waals surface area contributed by atoms with Crippen LogP contribution in [0.25, 0.3) is 0 Å². The van der Waals surface area contributed by atoms with Gasteiger partial charge in [0.25, 0.3) is 0 Å². The standard InChI is InChI=1S/C13H28N2O/c1-4-6-14-7-9-15(10-8-14)11-13(16)12(3)5-2/h12-13,16H,4-11H2,1-3H3. The summed E-state index contributed by atoms with van der Waals surface area (Å²) in [5.74, 6) is 0.425. The second-order valence-corrected chi connectivity index (χ2v) is 5.10. The Hall–Kier alpha value is -0.120. The zero-order chi connectivity index (χ0) is 12.0. The first-order valence-corrected chi connectivity index (χ1v) is 6.80. The molecule has 0 amide bonds. The molecule has 0 aromatic heterocycles. The highest BCUT2D eigenvalue weighted by Gasteiger charge is 2.20. The fraction of sp³-hybridized carbons (Fsp3) is 1.00. The van der Waals surface area contributed by atoms with Crippen molar-refractivity contribution >= 4 is 0 Å². The summed E-state index contributed by atoms with van der Waals surface area (Å²) in [5, 5.41) is 9.98. The van der Waals surface area contributed by atoms with Crippen molar-refractivity contribution in [3.63, 3.8) is 0 Å². The van der Waals surface area contributed by atoms with E-state index >= 15 is 0 Å². The Kier molecular flexibility index (Phi) is 6.32. The summed E-state index contributed by atoms with van der Waals surface area (Å²) in [6, 6.07) is 0. The van der Waals surface area contributed by atoms with Crippen LogP contribution in [0.15, 0.2) is 0 Å². The average Bonchev–Trinajstić information content (AvgIpc) is 2.31. The quantitative estimate of drug-likeness (QED) is 0.745. The van der Waals surface area contributed by atoms with Gasteiger partial charge < -0.3 is 10.0 Å². The molecule has 0 saturated carbocycles. The molecule has 2 unspecified atom stereocenters. The fourth-order valence-electron chi connectivity index (χ4n) is 2.23. The van der Waals surface area contributed by atoms with E-state index in [0.29, 0.717) is 5.92 Å². The minimum Gasteiger partial charge on any atom is -0.392 e. The normalized spacial score (nSPS) is 23.2. The molecule has 3 heteroatoms. The summed E-state index contributed by atoms with van der Waals surface area (Å²) in [6.07, 6.45) is 2.16. The molecule has 1 saturated heterocycles. The number of aliphatic hydroxyl groups is 1. The molecule has 1 heterocycles. The van der Waals surface area contributed by atoms with Crippen LogP contribution in [-0.2, 0) is 0 Å². The van der Waals surface area contributed by atoms with Gasteiger partial charge in [-0.25, -0.2) is 0 Å². The van der Waals surface area contributed by atoms with Gasteiger partial charge in [0.1, 0.15) is 0 Å². The molecule has 96 valence electrons. The van der Waals surface area contributed by atoms with Gasteiger partial charge in [0.2, 0.25) is 0 Å². The second-order valence-electron chi connectivity index (χ2n) is 5.10. The molecule has 0 aliphatic carbocycles. The van der Waals surface area contributed by atoms with E-state index in [1.54, 1.807) is 0 Å². The molecule has 3 nitrogen and oxygen atoms in total. The molecule has 0 bridgehead atoms. The minimum atomic E-state index is -0.150. The van der Waals surface area contributed by atoms with Crippen LogP contribution in [0.2, 0.25) is 0 Å². The zero-order valence-corrected chi connectivity index (χ0v) is 11.2. The summed E-state index contributed by atoms with van der Waals surface area (Å²) >= 11 is 0. The van der Waals surface area contributed by atoms with Crippen molar-refractivity contribution in [3.05, 3.63) is 0 Å². The number of β-amino-alcohol motifs (C(OH)–C–C–N with tert-alkyl or cyclic N) is 1. The highest BCUT2D eigenvalue weighted by molar-refractivity contribution is 4.75. The van der Waals surface area contributed by atoms with Crippen molar-refractivity contribution in [3.8, 4) is 0 Å². The third-order valence-corrected chi connectivity index (χ3v) is 3.75. The lowest BCUT2D eigenvalue weighted by atomic mass is 10.0. The van der Waals surface area contributed by atoms with E-state index in [-0.39, 0.29) is 6.10 Å². The molecule has 0 aromatic carbocycles. The van der Waals surface area contributed by atoms with E-state index in [1.165, 1.54) is 26.1 Å². The van der Waals surface area contributed by atoms with Crippen LogP contribution in [0.3, 0.4) is 0 Å². The summed E-state index contributed by atoms with van der Waals surface area (Å²) in [7, 11) is 0. The summed E-state index contributed by atoms with van der Waals surface area (Å²) in [5.41, 5.74) is 0. The van der Waals surface area contributed by atoms with E-state index in [4.69, 9.17) is 0 Å². The maximum absolute atomic E-state index is 9.98. The van der Waals surface area contributed by atoms with Crippen molar-refractivity contribution in [1.82, 2.24) is 9.80 Å². The van der Waals surface area contributed by atoms with Crippen molar-refractivity contribution in [1.29, 1.82) is 0 Å². The first-order valence-electron chi connectivity index (χ1n) is 6.80. The monoisotopic (exact) mass is 228 g/mol. The van der Waals surface area contributed by atoms with Crippen molar-refractivity contribution in [2.24, 2.45) is 5.92 Å². The predicted octanol–water partition coefficient (Wildman–Crippen LogP) is 1.42. The Labute approximate surface area is 100 Å². The van der Waals surface area contributed by atoms with Gasteiger partial charge in [-0.3, -0.25) is 4.90 Å². The van der Waals surface area contributed by atoms with Gasteiger partial charge in [0, 0.05) is 32.7 Å². The maximum Gasteiger partial charge on any atom is 0.0692 e. The van der Waals surface area contributed by atoms with Gasteiger partial charge in [-0.15, -0.1) is 0 Å². The van der Waals surface area contributed by atoms with E-state index in [1.807, 2.05) is 0 Å². The molecule has 1 aliphatic rings. The number of aliphatic hydroxyl groups excluding tert-OH is 1. The molecule has 1 rings (SSSR count). The van der Waals surface area contributed by atoms with Crippen LogP contribution in [0, 0.1) is 5.92 Å². The van der Waals surface area contributed by atoms with Gasteiger partial charge in [-0.1, -0.05) is 27.2 Å². The van der Waals surface area contributed by atoms with Crippen molar-refractivity contribution in [2.45, 2.75) is 39.7 Å². The lowest BCUT2D eigenvalue weighted by Gasteiger charge is -2.36. The largest absolute Gasteiger partial charge is 0.392 e. The molecule has 2 atom stereocenters. The van der Waals surface area contributed by atoms with Crippen LogP contribution in [0.4, 0.5) is 0 Å². The minimum absolute atomic E-state index is 0.150. The Bertz CT molecular complexity index is 179. The highest BCUT2D eigenvalue weighted by atomic mass is 16.3. The number of nitrogens with zero attached hydrogens (tertiary/aromatic N) is 2. The summed E-state index contributed by atoms with van der Waals surface area (Å²) in [4.78, 5) is 4.93. The average molecular weight is 228 g/mol. The maximum atomic E-state index is 9.98. The van der Waals surface area contributed by atoms with Crippen LogP contribution in [-0.4, -0.2) is 60.3 Å². The topological polar surface area (TPSA) is 26.7 Å². The molecule has 0 radical (unpaired) electrons. The zero-order valence-electron chi connectivity index (χ0n) is 11.2. The predicted molar refractivity (Wildman–Crippen MR) is 68.6 cm³/mol. The van der Waals surface area contributed by atoms with Gasteiger partial charge in [0.05, 0.1) is 6.10 Å². The molecule has 0 aromatic rings. The Morgan fingerprint density at radius 2 is 1.62 bits per heavy atom. The smallest absolute Gasteiger partial charge is 0.0692 e. The van der Waals surface area contributed by atoms with Crippen molar-refractivity contribution in [2.75, 3.05) is 39.3 Å². The lowest BCUT2D eigenvalue weighted by Crippen LogP contribution is -2.49. The third-order valence-electron chi connectivity index (χ3n) is 3.75. The molecule has 0 spiro atoms. The molecular formula is C13H28N2O. The van der Waals surface area contributed by atoms with Crippen LogP contribution in [0.5, 0.6) is 0 Å². The Morgan fingerprint density at radius 3 is 2.12 bits per heavy atom. The SMILES string of the molecule is CCCN1CCN(CC(O)C(C)CC)CC1. The van der Waals surface area contributed by atoms with Crippen LogP contribution < -0.4 is 0 Å². The fourth-order valence-corrected chi connectivity index (χ4v) is 2.23. The third kappa shape index (κ3) is 4.40. The molecular weight excluding hydrogens is 200 g/mol. The lowest BCUT2D eigenvalue weighted by molar-refractivity contribution is 0.0445. The van der Waals surface area contributed by atoms with E-state index in [9.17, 15) is 5.11 Å². The number of hydrogen-bond donors (Lipinski definition) is 1. The number of rotatable bonds is 6. The molecule has 1 fully saturated rings. The number of piperazine rings is 1. The molecule has 1 aliphatic heterocycles. The molecule has 1 N–H and O–H groups in total. The second kappa shape index (κ2) is 7.25. The summed E-state index contributed by atoms with van der Waals surface area (Å²) < 4.78 is 0. The number of hydrogen-bond acceptors (Lipinski definition) is 3. The Morgan fingerprint density at radius 1 is 1.06 bits per heavy atom. The highest BCUT2D eigenvalue weighted by Crippen LogP contribution is 2.10. The van der Waals surface area contributed by atoms with Crippen LogP contribution in [0.1, 0.15) is 33.6 Å².